The van der Waals surface area contributed by atoms with Crippen LogP contribution in [0.3, 0.4) is 0 Å². The maximum absolute atomic E-state index is 3.64. The summed E-state index contributed by atoms with van der Waals surface area (Å²) < 4.78 is 0. The minimum absolute atomic E-state index is 0.583. The van der Waals surface area contributed by atoms with Crippen LogP contribution < -0.4 is 5.32 Å². The molecule has 2 atom stereocenters. The van der Waals surface area contributed by atoms with Gasteiger partial charge in [-0.25, -0.2) is 0 Å². The molecule has 1 heteroatoms. The molecule has 0 bridgehead atoms. The minimum Gasteiger partial charge on any atom is -0.310 e. The van der Waals surface area contributed by atoms with Crippen molar-refractivity contribution in [1.29, 1.82) is 0 Å². The molecule has 1 N–H and O–H groups in total. The second-order valence-corrected chi connectivity index (χ2v) is 5.06. The first-order chi connectivity index (χ1) is 7.15. The summed E-state index contributed by atoms with van der Waals surface area (Å²) >= 11 is 0. The van der Waals surface area contributed by atoms with Gasteiger partial charge in [-0.1, -0.05) is 36.2 Å². The molecule has 1 aromatic carbocycles. The lowest BCUT2D eigenvalue weighted by molar-refractivity contribution is 0.333. The molecule has 0 spiro atoms. The topological polar surface area (TPSA) is 12.0 Å². The SMILES string of the molecule is Cc1cc(C)cc(C2CCC(C)CN2)c1. The van der Waals surface area contributed by atoms with E-state index in [1.807, 2.05) is 0 Å². The average molecular weight is 203 g/mol. The lowest BCUT2D eigenvalue weighted by Gasteiger charge is -2.28. The summed E-state index contributed by atoms with van der Waals surface area (Å²) in [5, 5.41) is 3.64. The fraction of sp³-hybridized carbons (Fsp3) is 0.571. The Hall–Kier alpha value is -0.820. The van der Waals surface area contributed by atoms with Crippen LogP contribution >= 0.6 is 0 Å². The van der Waals surface area contributed by atoms with E-state index in [-0.39, 0.29) is 0 Å². The van der Waals surface area contributed by atoms with Crippen molar-refractivity contribution >= 4 is 0 Å². The van der Waals surface area contributed by atoms with Gasteiger partial charge in [0, 0.05) is 6.04 Å². The van der Waals surface area contributed by atoms with Gasteiger partial charge in [-0.3, -0.25) is 0 Å². The quantitative estimate of drug-likeness (QED) is 0.738. The molecule has 1 heterocycles. The van der Waals surface area contributed by atoms with Gasteiger partial charge < -0.3 is 5.32 Å². The molecule has 2 rings (SSSR count). The van der Waals surface area contributed by atoms with Crippen LogP contribution in [0.1, 0.15) is 42.5 Å². The van der Waals surface area contributed by atoms with Crippen molar-refractivity contribution in [2.75, 3.05) is 6.54 Å². The summed E-state index contributed by atoms with van der Waals surface area (Å²) in [6.07, 6.45) is 2.63. The summed E-state index contributed by atoms with van der Waals surface area (Å²) in [5.74, 6) is 0.840. The molecule has 15 heavy (non-hydrogen) atoms. The Morgan fingerprint density at radius 2 is 1.73 bits per heavy atom. The maximum atomic E-state index is 3.64. The van der Waals surface area contributed by atoms with Gasteiger partial charge in [0.15, 0.2) is 0 Å². The van der Waals surface area contributed by atoms with Crippen molar-refractivity contribution in [2.24, 2.45) is 5.92 Å². The largest absolute Gasteiger partial charge is 0.310 e. The molecule has 0 saturated carbocycles. The third kappa shape index (κ3) is 2.60. The predicted molar refractivity (Wildman–Crippen MR) is 65.1 cm³/mol. The first-order valence-electron chi connectivity index (χ1n) is 5.97. The second kappa shape index (κ2) is 4.36. The Kier molecular flexibility index (Phi) is 3.11. The second-order valence-electron chi connectivity index (χ2n) is 5.06. The highest BCUT2D eigenvalue weighted by Gasteiger charge is 2.18. The highest BCUT2D eigenvalue weighted by atomic mass is 14.9. The third-order valence-corrected chi connectivity index (χ3v) is 3.31. The van der Waals surface area contributed by atoms with Crippen molar-refractivity contribution in [3.05, 3.63) is 34.9 Å². The summed E-state index contributed by atoms with van der Waals surface area (Å²) in [7, 11) is 0. The van der Waals surface area contributed by atoms with E-state index in [1.165, 1.54) is 29.5 Å². The van der Waals surface area contributed by atoms with E-state index in [1.54, 1.807) is 0 Å². The highest BCUT2D eigenvalue weighted by molar-refractivity contribution is 5.30. The zero-order valence-electron chi connectivity index (χ0n) is 10.0. The number of nitrogens with one attached hydrogen (secondary N) is 1. The van der Waals surface area contributed by atoms with Crippen molar-refractivity contribution < 1.29 is 0 Å². The Labute approximate surface area is 92.9 Å². The van der Waals surface area contributed by atoms with Gasteiger partial charge in [0.05, 0.1) is 0 Å². The smallest absolute Gasteiger partial charge is 0.0320 e. The molecule has 1 aromatic rings. The number of hydrogen-bond acceptors (Lipinski definition) is 1. The number of hydrogen-bond donors (Lipinski definition) is 1. The van der Waals surface area contributed by atoms with Crippen LogP contribution in [0.5, 0.6) is 0 Å². The first-order valence-corrected chi connectivity index (χ1v) is 5.97. The van der Waals surface area contributed by atoms with Gasteiger partial charge in [-0.05, 0) is 44.7 Å². The summed E-state index contributed by atoms with van der Waals surface area (Å²) in [6, 6.07) is 7.47. The van der Waals surface area contributed by atoms with Gasteiger partial charge >= 0.3 is 0 Å². The van der Waals surface area contributed by atoms with Gasteiger partial charge in [0.1, 0.15) is 0 Å². The molecular formula is C14H21N. The third-order valence-electron chi connectivity index (χ3n) is 3.31. The van der Waals surface area contributed by atoms with Gasteiger partial charge in [0.2, 0.25) is 0 Å². The molecule has 1 nitrogen and oxygen atoms in total. The minimum atomic E-state index is 0.583. The normalized spacial score (nSPS) is 26.6. The number of rotatable bonds is 1. The average Bonchev–Trinajstić information content (AvgIpc) is 2.17. The lowest BCUT2D eigenvalue weighted by atomic mass is 9.91. The van der Waals surface area contributed by atoms with E-state index in [4.69, 9.17) is 0 Å². The van der Waals surface area contributed by atoms with Crippen LogP contribution in [0, 0.1) is 19.8 Å². The molecule has 0 aromatic heterocycles. The molecule has 0 aliphatic carbocycles. The zero-order valence-corrected chi connectivity index (χ0v) is 10.0. The van der Waals surface area contributed by atoms with Crippen LogP contribution in [-0.2, 0) is 0 Å². The molecule has 82 valence electrons. The Morgan fingerprint density at radius 3 is 2.27 bits per heavy atom. The fourth-order valence-corrected chi connectivity index (χ4v) is 2.49. The van der Waals surface area contributed by atoms with Crippen molar-refractivity contribution in [3.63, 3.8) is 0 Å². The number of benzene rings is 1. The molecule has 1 fully saturated rings. The van der Waals surface area contributed by atoms with Crippen LogP contribution in [0.4, 0.5) is 0 Å². The van der Waals surface area contributed by atoms with E-state index in [0.717, 1.165) is 12.5 Å². The standard InChI is InChI=1S/C14H21N/c1-10-4-5-14(15-9-10)13-7-11(2)6-12(3)8-13/h6-8,10,14-15H,4-5,9H2,1-3H3. The van der Waals surface area contributed by atoms with Crippen LogP contribution in [0.15, 0.2) is 18.2 Å². The number of piperidine rings is 1. The maximum Gasteiger partial charge on any atom is 0.0320 e. The van der Waals surface area contributed by atoms with Crippen LogP contribution in [0.2, 0.25) is 0 Å². The molecule has 1 aliphatic rings. The van der Waals surface area contributed by atoms with E-state index in [9.17, 15) is 0 Å². The van der Waals surface area contributed by atoms with Gasteiger partial charge in [-0.2, -0.15) is 0 Å². The number of aryl methyl sites for hydroxylation is 2. The lowest BCUT2D eigenvalue weighted by Crippen LogP contribution is -2.31. The molecule has 2 unspecified atom stereocenters. The Morgan fingerprint density at radius 1 is 1.07 bits per heavy atom. The predicted octanol–water partition coefficient (Wildman–Crippen LogP) is 3.36. The molecular weight excluding hydrogens is 182 g/mol. The molecule has 0 amide bonds. The van der Waals surface area contributed by atoms with Gasteiger partial charge in [0.25, 0.3) is 0 Å². The first kappa shape index (κ1) is 10.7. The van der Waals surface area contributed by atoms with E-state index >= 15 is 0 Å². The molecule has 0 radical (unpaired) electrons. The summed E-state index contributed by atoms with van der Waals surface area (Å²) in [5.41, 5.74) is 4.23. The Bertz CT molecular complexity index is 315. The van der Waals surface area contributed by atoms with E-state index in [0.29, 0.717) is 6.04 Å². The summed E-state index contributed by atoms with van der Waals surface area (Å²) in [6.45, 7) is 7.85. The van der Waals surface area contributed by atoms with E-state index in [2.05, 4.69) is 44.3 Å². The van der Waals surface area contributed by atoms with E-state index < -0.39 is 0 Å². The fourth-order valence-electron chi connectivity index (χ4n) is 2.49. The van der Waals surface area contributed by atoms with Crippen molar-refractivity contribution in [3.8, 4) is 0 Å². The zero-order chi connectivity index (χ0) is 10.8. The van der Waals surface area contributed by atoms with Gasteiger partial charge in [-0.15, -0.1) is 0 Å². The molecule has 1 aliphatic heterocycles. The monoisotopic (exact) mass is 203 g/mol. The summed E-state index contributed by atoms with van der Waals surface area (Å²) in [4.78, 5) is 0. The molecule has 1 saturated heterocycles. The highest BCUT2D eigenvalue weighted by Crippen LogP contribution is 2.26. The van der Waals surface area contributed by atoms with Crippen molar-refractivity contribution in [1.82, 2.24) is 5.32 Å². The van der Waals surface area contributed by atoms with Crippen LogP contribution in [-0.4, -0.2) is 6.54 Å². The van der Waals surface area contributed by atoms with Crippen molar-refractivity contribution in [2.45, 2.75) is 39.7 Å². The van der Waals surface area contributed by atoms with Crippen LogP contribution in [0.25, 0.3) is 0 Å². The Balaban J connectivity index is 2.15.